The highest BCUT2D eigenvalue weighted by Gasteiger charge is 2.17. The maximum atomic E-state index is 11.4. The number of likely N-dealkylation sites (N-methyl/N-ethyl adjacent to an activating group) is 1. The van der Waals surface area contributed by atoms with E-state index >= 15 is 0 Å². The summed E-state index contributed by atoms with van der Waals surface area (Å²) in [6.45, 7) is 5.85. The molecule has 2 rings (SSSR count). The van der Waals surface area contributed by atoms with Crippen molar-refractivity contribution in [3.05, 3.63) is 86.0 Å². The van der Waals surface area contributed by atoms with E-state index in [-0.39, 0.29) is 23.5 Å². The predicted octanol–water partition coefficient (Wildman–Crippen LogP) is 4.23. The Morgan fingerprint density at radius 1 is 1.10 bits per heavy atom. The Balaban J connectivity index is 2.06. The van der Waals surface area contributed by atoms with Crippen molar-refractivity contribution in [2.75, 3.05) is 25.1 Å². The molecule has 2 aromatic carbocycles. The SMILES string of the molecule is C=C(C)C(=O)OCCN(C)c1ccc(C=Cc2ccc([N+](=O)[O-])cc2[N+](=O)[O-])cc1. The minimum Gasteiger partial charge on any atom is -0.460 e. The number of nitro groups is 2. The molecule has 0 saturated heterocycles. The first-order chi connectivity index (χ1) is 14.2. The fourth-order valence-electron chi connectivity index (χ4n) is 2.50. The van der Waals surface area contributed by atoms with Crippen LogP contribution in [0.5, 0.6) is 0 Å². The van der Waals surface area contributed by atoms with Gasteiger partial charge in [0.1, 0.15) is 6.61 Å². The third kappa shape index (κ3) is 5.99. The van der Waals surface area contributed by atoms with Crippen LogP contribution in [0.3, 0.4) is 0 Å². The number of non-ortho nitro benzene ring substituents is 1. The summed E-state index contributed by atoms with van der Waals surface area (Å²) in [4.78, 5) is 34.0. The summed E-state index contributed by atoms with van der Waals surface area (Å²) < 4.78 is 5.07. The zero-order chi connectivity index (χ0) is 22.3. The van der Waals surface area contributed by atoms with E-state index in [1.54, 1.807) is 13.0 Å². The van der Waals surface area contributed by atoms with Crippen molar-refractivity contribution in [1.29, 1.82) is 0 Å². The number of benzene rings is 2. The van der Waals surface area contributed by atoms with Crippen molar-refractivity contribution in [2.24, 2.45) is 0 Å². The number of carbonyl (C=O) groups excluding carboxylic acids is 1. The molecule has 0 aliphatic rings. The molecule has 0 aliphatic heterocycles. The molecule has 0 radical (unpaired) electrons. The molecule has 9 heteroatoms. The largest absolute Gasteiger partial charge is 0.460 e. The number of nitrogens with zero attached hydrogens (tertiary/aromatic N) is 3. The number of hydrogen-bond donors (Lipinski definition) is 0. The highest BCUT2D eigenvalue weighted by Crippen LogP contribution is 2.26. The van der Waals surface area contributed by atoms with E-state index in [2.05, 4.69) is 6.58 Å². The van der Waals surface area contributed by atoms with Crippen molar-refractivity contribution in [3.8, 4) is 0 Å². The number of hydrogen-bond acceptors (Lipinski definition) is 7. The topological polar surface area (TPSA) is 116 Å². The van der Waals surface area contributed by atoms with Gasteiger partial charge in [-0.1, -0.05) is 24.8 Å². The van der Waals surface area contributed by atoms with Gasteiger partial charge in [0.05, 0.1) is 28.0 Å². The molecule has 0 N–H and O–H groups in total. The van der Waals surface area contributed by atoms with Gasteiger partial charge in [0.15, 0.2) is 0 Å². The van der Waals surface area contributed by atoms with Crippen LogP contribution in [0, 0.1) is 20.2 Å². The van der Waals surface area contributed by atoms with Crippen LogP contribution in [0.25, 0.3) is 12.2 Å². The third-order valence-corrected chi connectivity index (χ3v) is 4.22. The minimum absolute atomic E-state index is 0.230. The molecule has 0 atom stereocenters. The van der Waals surface area contributed by atoms with Gasteiger partial charge in [0.25, 0.3) is 11.4 Å². The Labute approximate surface area is 173 Å². The van der Waals surface area contributed by atoms with Gasteiger partial charge in [-0.05, 0) is 36.8 Å². The van der Waals surface area contributed by atoms with Gasteiger partial charge in [0.2, 0.25) is 0 Å². The van der Waals surface area contributed by atoms with E-state index in [9.17, 15) is 25.0 Å². The molecule has 9 nitrogen and oxygen atoms in total. The minimum atomic E-state index is -0.671. The number of ether oxygens (including phenoxy) is 1. The molecular formula is C21H21N3O6. The molecule has 0 aliphatic carbocycles. The Kier molecular flexibility index (Phi) is 7.40. The van der Waals surface area contributed by atoms with Crippen molar-refractivity contribution >= 4 is 35.2 Å². The summed E-state index contributed by atoms with van der Waals surface area (Å²) >= 11 is 0. The summed E-state index contributed by atoms with van der Waals surface area (Å²) in [5.41, 5.74) is 1.66. The molecule has 0 unspecified atom stereocenters. The smallest absolute Gasteiger partial charge is 0.333 e. The zero-order valence-corrected chi connectivity index (χ0v) is 16.6. The second-order valence-corrected chi connectivity index (χ2v) is 6.52. The normalized spacial score (nSPS) is 10.6. The lowest BCUT2D eigenvalue weighted by Crippen LogP contribution is -2.23. The molecular weight excluding hydrogens is 390 g/mol. The van der Waals surface area contributed by atoms with Crippen molar-refractivity contribution in [1.82, 2.24) is 0 Å². The van der Waals surface area contributed by atoms with Gasteiger partial charge in [-0.2, -0.15) is 0 Å². The van der Waals surface area contributed by atoms with Crippen LogP contribution in [-0.2, 0) is 9.53 Å². The molecule has 0 heterocycles. The fourth-order valence-corrected chi connectivity index (χ4v) is 2.50. The van der Waals surface area contributed by atoms with Crippen LogP contribution in [0.15, 0.2) is 54.6 Å². The highest BCUT2D eigenvalue weighted by molar-refractivity contribution is 5.86. The van der Waals surface area contributed by atoms with Crippen LogP contribution in [0.4, 0.5) is 17.1 Å². The van der Waals surface area contributed by atoms with Gasteiger partial charge >= 0.3 is 5.97 Å². The van der Waals surface area contributed by atoms with Gasteiger partial charge in [0, 0.05) is 24.4 Å². The quantitative estimate of drug-likeness (QED) is 0.199. The number of esters is 1. The summed E-state index contributed by atoms with van der Waals surface area (Å²) in [5, 5.41) is 22.0. The average molecular weight is 411 g/mol. The molecule has 2 aromatic rings. The zero-order valence-electron chi connectivity index (χ0n) is 16.6. The standard InChI is InChI=1S/C21H21N3O6/c1-15(2)21(25)30-13-12-22(3)18-9-5-16(6-10-18)4-7-17-8-11-19(23(26)27)14-20(17)24(28)29/h4-11,14H,1,12-13H2,2-3H3. The molecule has 0 saturated carbocycles. The Morgan fingerprint density at radius 2 is 1.77 bits per heavy atom. The Bertz CT molecular complexity index is 998. The first-order valence-corrected chi connectivity index (χ1v) is 8.94. The van der Waals surface area contributed by atoms with E-state index < -0.39 is 15.8 Å². The number of nitro benzene ring substituents is 2. The fraction of sp³-hybridized carbons (Fsp3) is 0.190. The molecule has 156 valence electrons. The van der Waals surface area contributed by atoms with Crippen LogP contribution < -0.4 is 4.90 Å². The van der Waals surface area contributed by atoms with E-state index in [4.69, 9.17) is 4.74 Å². The summed E-state index contributed by atoms with van der Waals surface area (Å²) in [5.74, 6) is -0.427. The van der Waals surface area contributed by atoms with Crippen LogP contribution >= 0.6 is 0 Å². The number of rotatable bonds is 9. The van der Waals surface area contributed by atoms with Crippen molar-refractivity contribution < 1.29 is 19.4 Å². The third-order valence-electron chi connectivity index (χ3n) is 4.22. The first-order valence-electron chi connectivity index (χ1n) is 8.94. The van der Waals surface area contributed by atoms with Crippen LogP contribution in [0.2, 0.25) is 0 Å². The van der Waals surface area contributed by atoms with Gasteiger partial charge < -0.3 is 9.64 Å². The lowest BCUT2D eigenvalue weighted by Gasteiger charge is -2.19. The van der Waals surface area contributed by atoms with E-state index in [0.29, 0.717) is 12.1 Å². The molecule has 0 fully saturated rings. The Morgan fingerprint density at radius 3 is 2.33 bits per heavy atom. The van der Waals surface area contributed by atoms with E-state index in [1.807, 2.05) is 36.2 Å². The van der Waals surface area contributed by atoms with Crippen LogP contribution in [-0.4, -0.2) is 36.0 Å². The van der Waals surface area contributed by atoms with Crippen molar-refractivity contribution in [3.63, 3.8) is 0 Å². The number of anilines is 1. The average Bonchev–Trinajstić information content (AvgIpc) is 2.72. The second kappa shape index (κ2) is 9.97. The number of carbonyl (C=O) groups is 1. The Hall–Kier alpha value is -4.01. The molecule has 0 amide bonds. The molecule has 0 spiro atoms. The molecule has 30 heavy (non-hydrogen) atoms. The lowest BCUT2D eigenvalue weighted by atomic mass is 10.1. The van der Waals surface area contributed by atoms with E-state index in [1.165, 1.54) is 18.2 Å². The second-order valence-electron chi connectivity index (χ2n) is 6.52. The monoisotopic (exact) mass is 411 g/mol. The van der Waals surface area contributed by atoms with Crippen LogP contribution in [0.1, 0.15) is 18.1 Å². The van der Waals surface area contributed by atoms with Gasteiger partial charge in [-0.15, -0.1) is 0 Å². The first kappa shape index (κ1) is 22.3. The highest BCUT2D eigenvalue weighted by atomic mass is 16.6. The van der Waals surface area contributed by atoms with Crippen molar-refractivity contribution in [2.45, 2.75) is 6.92 Å². The summed E-state index contributed by atoms with van der Waals surface area (Å²) in [7, 11) is 1.86. The van der Waals surface area contributed by atoms with Gasteiger partial charge in [-0.25, -0.2) is 4.79 Å². The summed E-state index contributed by atoms with van der Waals surface area (Å²) in [6, 6.07) is 10.9. The molecule has 0 aromatic heterocycles. The van der Waals surface area contributed by atoms with E-state index in [0.717, 1.165) is 17.3 Å². The maximum absolute atomic E-state index is 11.4. The lowest BCUT2D eigenvalue weighted by molar-refractivity contribution is -0.394. The summed E-state index contributed by atoms with van der Waals surface area (Å²) in [6.07, 6.45) is 3.23. The predicted molar refractivity (Wildman–Crippen MR) is 114 cm³/mol. The van der Waals surface area contributed by atoms with Gasteiger partial charge in [-0.3, -0.25) is 20.2 Å². The molecule has 0 bridgehead atoms. The maximum Gasteiger partial charge on any atom is 0.333 e.